The average molecular weight is 318 g/mol. The van der Waals surface area contributed by atoms with Gasteiger partial charge in [-0.1, -0.05) is 31.2 Å². The predicted octanol–water partition coefficient (Wildman–Crippen LogP) is 2.31. The molecule has 23 heavy (non-hydrogen) atoms. The molecule has 0 radical (unpaired) electrons. The highest BCUT2D eigenvalue weighted by Gasteiger charge is 2.32. The molecular weight excluding hydrogens is 288 g/mol. The van der Waals surface area contributed by atoms with Gasteiger partial charge in [0.05, 0.1) is 6.61 Å². The molecule has 1 amide bonds. The van der Waals surface area contributed by atoms with Gasteiger partial charge < -0.3 is 15.4 Å². The van der Waals surface area contributed by atoms with Gasteiger partial charge in [-0.05, 0) is 49.9 Å². The Morgan fingerprint density at radius 3 is 2.48 bits per heavy atom. The second kappa shape index (κ2) is 9.04. The van der Waals surface area contributed by atoms with Crippen molar-refractivity contribution in [2.75, 3.05) is 33.4 Å². The number of hydrogen-bond acceptors (Lipinski definition) is 3. The molecule has 2 rings (SSSR count). The van der Waals surface area contributed by atoms with Crippen LogP contribution in [-0.4, -0.2) is 39.3 Å². The van der Waals surface area contributed by atoms with Crippen molar-refractivity contribution < 1.29 is 9.53 Å². The van der Waals surface area contributed by atoms with Crippen LogP contribution in [0, 0.1) is 5.41 Å². The van der Waals surface area contributed by atoms with E-state index in [9.17, 15) is 4.79 Å². The summed E-state index contributed by atoms with van der Waals surface area (Å²) in [5, 5.41) is 6.50. The van der Waals surface area contributed by atoms with Crippen LogP contribution in [0.5, 0.6) is 0 Å². The molecule has 1 heterocycles. The number of nitrogens with one attached hydrogen (secondary N) is 2. The van der Waals surface area contributed by atoms with E-state index < -0.39 is 0 Å². The van der Waals surface area contributed by atoms with Crippen LogP contribution in [0.2, 0.25) is 0 Å². The number of amides is 1. The van der Waals surface area contributed by atoms with Gasteiger partial charge in [0.25, 0.3) is 0 Å². The van der Waals surface area contributed by atoms with E-state index in [1.54, 1.807) is 7.11 Å². The summed E-state index contributed by atoms with van der Waals surface area (Å²) in [5.74, 6) is 0.138. The molecule has 0 saturated carbocycles. The minimum absolute atomic E-state index is 0.0957. The van der Waals surface area contributed by atoms with Gasteiger partial charge in [-0.3, -0.25) is 4.79 Å². The monoisotopic (exact) mass is 318 g/mol. The highest BCUT2D eigenvalue weighted by molar-refractivity contribution is 5.76. The van der Waals surface area contributed by atoms with Crippen molar-refractivity contribution in [1.29, 1.82) is 0 Å². The summed E-state index contributed by atoms with van der Waals surface area (Å²) in [6.45, 7) is 5.59. The highest BCUT2D eigenvalue weighted by atomic mass is 16.5. The van der Waals surface area contributed by atoms with Crippen molar-refractivity contribution in [3.63, 3.8) is 0 Å². The van der Waals surface area contributed by atoms with E-state index in [0.717, 1.165) is 45.3 Å². The summed E-state index contributed by atoms with van der Waals surface area (Å²) in [6, 6.07) is 8.56. The van der Waals surface area contributed by atoms with Crippen LogP contribution in [0.1, 0.15) is 37.3 Å². The molecule has 4 heteroatoms. The lowest BCUT2D eigenvalue weighted by Gasteiger charge is -2.37. The maximum Gasteiger partial charge on any atom is 0.220 e. The second-order valence-corrected chi connectivity index (χ2v) is 6.63. The lowest BCUT2D eigenvalue weighted by molar-refractivity contribution is -0.122. The van der Waals surface area contributed by atoms with Gasteiger partial charge in [0.15, 0.2) is 0 Å². The van der Waals surface area contributed by atoms with Gasteiger partial charge in [-0.25, -0.2) is 0 Å². The van der Waals surface area contributed by atoms with Crippen LogP contribution in [-0.2, 0) is 22.4 Å². The highest BCUT2D eigenvalue weighted by Crippen LogP contribution is 2.28. The Morgan fingerprint density at radius 2 is 1.87 bits per heavy atom. The van der Waals surface area contributed by atoms with Gasteiger partial charge >= 0.3 is 0 Å². The number of rotatable bonds is 8. The van der Waals surface area contributed by atoms with Crippen LogP contribution < -0.4 is 10.6 Å². The zero-order valence-corrected chi connectivity index (χ0v) is 14.5. The van der Waals surface area contributed by atoms with E-state index in [1.165, 1.54) is 11.1 Å². The fraction of sp³-hybridized carbons (Fsp3) is 0.632. The van der Waals surface area contributed by atoms with Gasteiger partial charge in [0.2, 0.25) is 5.91 Å². The molecule has 1 aliphatic heterocycles. The summed E-state index contributed by atoms with van der Waals surface area (Å²) in [6.07, 6.45) is 4.51. The Bertz CT molecular complexity index is 473. The molecule has 1 saturated heterocycles. The molecule has 4 nitrogen and oxygen atoms in total. The van der Waals surface area contributed by atoms with E-state index >= 15 is 0 Å². The molecule has 1 aromatic carbocycles. The van der Waals surface area contributed by atoms with Crippen molar-refractivity contribution in [3.8, 4) is 0 Å². The molecule has 0 spiro atoms. The van der Waals surface area contributed by atoms with Crippen LogP contribution in [0.4, 0.5) is 0 Å². The molecule has 0 unspecified atom stereocenters. The number of hydrogen-bond donors (Lipinski definition) is 2. The minimum atomic E-state index is 0.0957. The van der Waals surface area contributed by atoms with Crippen LogP contribution in [0.25, 0.3) is 0 Å². The normalized spacial score (nSPS) is 17.0. The molecule has 0 bridgehead atoms. The van der Waals surface area contributed by atoms with Crippen molar-refractivity contribution in [3.05, 3.63) is 35.4 Å². The van der Waals surface area contributed by atoms with Gasteiger partial charge in [0, 0.05) is 25.5 Å². The largest absolute Gasteiger partial charge is 0.384 e. The third-order valence-corrected chi connectivity index (χ3v) is 4.85. The summed E-state index contributed by atoms with van der Waals surface area (Å²) in [7, 11) is 1.74. The SMILES string of the molecule is CCc1ccc(CCC(=O)NCC2(COC)CCNCC2)cc1. The zero-order valence-electron chi connectivity index (χ0n) is 14.5. The Morgan fingerprint density at radius 1 is 1.22 bits per heavy atom. The number of benzene rings is 1. The first-order valence-electron chi connectivity index (χ1n) is 8.72. The van der Waals surface area contributed by atoms with Gasteiger partial charge in [0.1, 0.15) is 0 Å². The Kier molecular flexibility index (Phi) is 7.06. The molecule has 1 fully saturated rings. The molecule has 1 aliphatic rings. The molecule has 2 N–H and O–H groups in total. The maximum atomic E-state index is 12.2. The predicted molar refractivity (Wildman–Crippen MR) is 93.6 cm³/mol. The molecule has 128 valence electrons. The maximum absolute atomic E-state index is 12.2. The number of carbonyl (C=O) groups excluding carboxylic acids is 1. The first-order valence-corrected chi connectivity index (χ1v) is 8.72. The zero-order chi connectivity index (χ0) is 16.5. The van der Waals surface area contributed by atoms with Crippen molar-refractivity contribution in [2.45, 2.75) is 39.0 Å². The summed E-state index contributed by atoms with van der Waals surface area (Å²) in [4.78, 5) is 12.2. The third-order valence-electron chi connectivity index (χ3n) is 4.85. The smallest absolute Gasteiger partial charge is 0.220 e. The van der Waals surface area contributed by atoms with Crippen molar-refractivity contribution in [1.82, 2.24) is 10.6 Å². The Hall–Kier alpha value is -1.39. The van der Waals surface area contributed by atoms with Crippen molar-refractivity contribution >= 4 is 5.91 Å². The molecule has 0 aromatic heterocycles. The summed E-state index contributed by atoms with van der Waals surface area (Å²) >= 11 is 0. The lowest BCUT2D eigenvalue weighted by Crippen LogP contribution is -2.47. The third kappa shape index (κ3) is 5.63. The van der Waals surface area contributed by atoms with Gasteiger partial charge in [-0.15, -0.1) is 0 Å². The Balaban J connectivity index is 1.76. The molecular formula is C19H30N2O2. The number of ether oxygens (including phenoxy) is 1. The number of piperidine rings is 1. The molecule has 0 atom stereocenters. The Labute approximate surface area is 140 Å². The minimum Gasteiger partial charge on any atom is -0.384 e. The van der Waals surface area contributed by atoms with E-state index in [1.807, 2.05) is 0 Å². The summed E-state index contributed by atoms with van der Waals surface area (Å²) < 4.78 is 5.39. The van der Waals surface area contributed by atoms with Crippen LogP contribution >= 0.6 is 0 Å². The van der Waals surface area contributed by atoms with Gasteiger partial charge in [-0.2, -0.15) is 0 Å². The van der Waals surface area contributed by atoms with Crippen LogP contribution in [0.15, 0.2) is 24.3 Å². The fourth-order valence-electron chi connectivity index (χ4n) is 3.21. The summed E-state index contributed by atoms with van der Waals surface area (Å²) in [5.41, 5.74) is 2.66. The van der Waals surface area contributed by atoms with E-state index in [2.05, 4.69) is 41.8 Å². The first kappa shape index (κ1) is 18.0. The number of aryl methyl sites for hydroxylation is 2. The second-order valence-electron chi connectivity index (χ2n) is 6.63. The van der Waals surface area contributed by atoms with Crippen LogP contribution in [0.3, 0.4) is 0 Å². The number of methoxy groups -OCH3 is 1. The fourth-order valence-corrected chi connectivity index (χ4v) is 3.21. The standard InChI is InChI=1S/C19H30N2O2/c1-3-16-4-6-17(7-5-16)8-9-18(22)21-14-19(15-23-2)10-12-20-13-11-19/h4-7,20H,3,8-15H2,1-2H3,(H,21,22). The van der Waals surface area contributed by atoms with E-state index in [0.29, 0.717) is 13.0 Å². The topological polar surface area (TPSA) is 50.4 Å². The first-order chi connectivity index (χ1) is 11.2. The van der Waals surface area contributed by atoms with E-state index in [-0.39, 0.29) is 11.3 Å². The number of carbonyl (C=O) groups is 1. The quantitative estimate of drug-likeness (QED) is 0.773. The molecule has 1 aromatic rings. The van der Waals surface area contributed by atoms with Crippen molar-refractivity contribution in [2.24, 2.45) is 5.41 Å². The lowest BCUT2D eigenvalue weighted by atomic mass is 9.79. The average Bonchev–Trinajstić information content (AvgIpc) is 2.60. The van der Waals surface area contributed by atoms with E-state index in [4.69, 9.17) is 4.74 Å². The molecule has 0 aliphatic carbocycles.